The molecule has 0 aromatic heterocycles. The molecule has 1 aliphatic carbocycles. The van der Waals surface area contributed by atoms with E-state index < -0.39 is 0 Å². The second-order valence-corrected chi connectivity index (χ2v) is 6.46. The van der Waals surface area contributed by atoms with E-state index in [1.54, 1.807) is 0 Å². The lowest BCUT2D eigenvalue weighted by Gasteiger charge is -2.33. The molecular weight excluding hydrogens is 236 g/mol. The first-order valence-corrected chi connectivity index (χ1v) is 8.16. The minimum absolute atomic E-state index is 0.0586. The van der Waals surface area contributed by atoms with Gasteiger partial charge in [-0.1, -0.05) is 13.8 Å². The van der Waals surface area contributed by atoms with Crippen LogP contribution in [0.2, 0.25) is 0 Å². The molecule has 2 N–H and O–H groups in total. The summed E-state index contributed by atoms with van der Waals surface area (Å²) in [6, 6.07) is 0.643. The van der Waals surface area contributed by atoms with Crippen LogP contribution in [-0.4, -0.2) is 47.8 Å². The summed E-state index contributed by atoms with van der Waals surface area (Å²) >= 11 is 0. The maximum absolute atomic E-state index is 9.66. The molecule has 0 bridgehead atoms. The fourth-order valence-electron chi connectivity index (χ4n) is 2.82. The van der Waals surface area contributed by atoms with Crippen LogP contribution >= 0.6 is 0 Å². The van der Waals surface area contributed by atoms with Crippen LogP contribution < -0.4 is 5.32 Å². The molecule has 19 heavy (non-hydrogen) atoms. The van der Waals surface area contributed by atoms with Crippen molar-refractivity contribution in [3.05, 3.63) is 0 Å². The van der Waals surface area contributed by atoms with Crippen molar-refractivity contribution in [1.29, 1.82) is 0 Å². The van der Waals surface area contributed by atoms with Crippen LogP contribution in [0.3, 0.4) is 0 Å². The summed E-state index contributed by atoms with van der Waals surface area (Å²) in [4.78, 5) is 2.61. The summed E-state index contributed by atoms with van der Waals surface area (Å²) < 4.78 is 0. The molecule has 0 aromatic carbocycles. The number of hydrogen-bond acceptors (Lipinski definition) is 3. The lowest BCUT2D eigenvalue weighted by molar-refractivity contribution is 0.134. The Morgan fingerprint density at radius 2 is 2.00 bits per heavy atom. The van der Waals surface area contributed by atoms with Gasteiger partial charge in [-0.15, -0.1) is 0 Å². The molecule has 0 saturated heterocycles. The van der Waals surface area contributed by atoms with E-state index in [2.05, 4.69) is 37.9 Å². The van der Waals surface area contributed by atoms with Gasteiger partial charge in [0.15, 0.2) is 0 Å². The molecule has 1 fully saturated rings. The van der Waals surface area contributed by atoms with Gasteiger partial charge < -0.3 is 15.3 Å². The summed E-state index contributed by atoms with van der Waals surface area (Å²) in [5, 5.41) is 13.1. The highest BCUT2D eigenvalue weighted by molar-refractivity contribution is 4.86. The molecule has 0 amide bonds. The molecular formula is C16H34N2O. The van der Waals surface area contributed by atoms with Gasteiger partial charge in [0.05, 0.1) is 6.61 Å². The van der Waals surface area contributed by atoms with Gasteiger partial charge in [-0.05, 0) is 65.0 Å². The van der Waals surface area contributed by atoms with Gasteiger partial charge in [-0.2, -0.15) is 0 Å². The third-order valence-corrected chi connectivity index (χ3v) is 4.55. The molecule has 1 saturated carbocycles. The van der Waals surface area contributed by atoms with E-state index in [4.69, 9.17) is 0 Å². The van der Waals surface area contributed by atoms with E-state index in [1.807, 2.05) is 0 Å². The molecule has 3 nitrogen and oxygen atoms in total. The highest BCUT2D eigenvalue weighted by Crippen LogP contribution is 2.30. The topological polar surface area (TPSA) is 35.5 Å². The largest absolute Gasteiger partial charge is 0.394 e. The molecule has 0 aliphatic heterocycles. The van der Waals surface area contributed by atoms with Crippen LogP contribution in [0.5, 0.6) is 0 Å². The number of aliphatic hydroxyl groups is 1. The van der Waals surface area contributed by atoms with Crippen molar-refractivity contribution in [3.8, 4) is 0 Å². The highest BCUT2D eigenvalue weighted by Gasteiger charge is 2.28. The van der Waals surface area contributed by atoms with Gasteiger partial charge in [-0.25, -0.2) is 0 Å². The first kappa shape index (κ1) is 16.9. The summed E-state index contributed by atoms with van der Waals surface area (Å²) in [5.74, 6) is 0.963. The van der Waals surface area contributed by atoms with E-state index in [0.29, 0.717) is 6.04 Å². The molecule has 1 atom stereocenters. The van der Waals surface area contributed by atoms with E-state index in [1.165, 1.54) is 32.4 Å². The molecule has 1 unspecified atom stereocenters. The Morgan fingerprint density at radius 1 is 1.32 bits per heavy atom. The number of likely N-dealkylation sites (N-methyl/N-ethyl adjacent to an activating group) is 1. The van der Waals surface area contributed by atoms with E-state index in [-0.39, 0.29) is 12.1 Å². The zero-order chi connectivity index (χ0) is 14.3. The van der Waals surface area contributed by atoms with Crippen LogP contribution in [0, 0.1) is 5.92 Å². The Balaban J connectivity index is 2.35. The summed E-state index contributed by atoms with van der Waals surface area (Å²) in [7, 11) is 0. The van der Waals surface area contributed by atoms with E-state index in [0.717, 1.165) is 25.3 Å². The normalized spacial score (nSPS) is 19.1. The molecule has 3 heteroatoms. The zero-order valence-electron chi connectivity index (χ0n) is 13.4. The van der Waals surface area contributed by atoms with Crippen molar-refractivity contribution in [2.45, 2.75) is 71.4 Å². The average molecular weight is 270 g/mol. The van der Waals surface area contributed by atoms with Crippen LogP contribution in [0.25, 0.3) is 0 Å². The molecule has 0 spiro atoms. The van der Waals surface area contributed by atoms with Gasteiger partial charge in [0, 0.05) is 18.1 Å². The van der Waals surface area contributed by atoms with Crippen molar-refractivity contribution in [1.82, 2.24) is 10.2 Å². The minimum atomic E-state index is -0.0586. The monoisotopic (exact) mass is 270 g/mol. The minimum Gasteiger partial charge on any atom is -0.394 e. The third-order valence-electron chi connectivity index (χ3n) is 4.55. The first-order valence-electron chi connectivity index (χ1n) is 8.16. The highest BCUT2D eigenvalue weighted by atomic mass is 16.3. The van der Waals surface area contributed by atoms with Crippen molar-refractivity contribution in [2.24, 2.45) is 5.92 Å². The number of nitrogens with one attached hydrogen (secondary N) is 1. The van der Waals surface area contributed by atoms with Crippen molar-refractivity contribution >= 4 is 0 Å². The van der Waals surface area contributed by atoms with Gasteiger partial charge >= 0.3 is 0 Å². The quantitative estimate of drug-likeness (QED) is 0.606. The number of rotatable bonds is 11. The summed E-state index contributed by atoms with van der Waals surface area (Å²) in [6.07, 6.45) is 6.10. The Labute approximate surface area is 119 Å². The van der Waals surface area contributed by atoms with Crippen molar-refractivity contribution < 1.29 is 5.11 Å². The van der Waals surface area contributed by atoms with Gasteiger partial charge in [0.2, 0.25) is 0 Å². The number of hydrogen-bond donors (Lipinski definition) is 2. The van der Waals surface area contributed by atoms with Crippen molar-refractivity contribution in [3.63, 3.8) is 0 Å². The Hall–Kier alpha value is -0.120. The number of nitrogens with zero attached hydrogens (tertiary/aromatic N) is 1. The maximum Gasteiger partial charge on any atom is 0.0613 e. The second-order valence-electron chi connectivity index (χ2n) is 6.46. The second kappa shape index (κ2) is 8.23. The molecule has 0 aromatic rings. The first-order chi connectivity index (χ1) is 9.06. The van der Waals surface area contributed by atoms with Crippen LogP contribution in [0.4, 0.5) is 0 Å². The predicted octanol–water partition coefficient (Wildman–Crippen LogP) is 2.64. The van der Waals surface area contributed by atoms with Gasteiger partial charge in [0.1, 0.15) is 0 Å². The van der Waals surface area contributed by atoms with E-state index >= 15 is 0 Å². The smallest absolute Gasteiger partial charge is 0.0613 e. The van der Waals surface area contributed by atoms with Crippen LogP contribution in [0.15, 0.2) is 0 Å². The zero-order valence-corrected chi connectivity index (χ0v) is 13.4. The molecule has 0 heterocycles. The van der Waals surface area contributed by atoms with Crippen LogP contribution in [0.1, 0.15) is 59.8 Å². The summed E-state index contributed by atoms with van der Waals surface area (Å²) in [5.41, 5.74) is -0.0586. The molecule has 114 valence electrons. The van der Waals surface area contributed by atoms with Gasteiger partial charge in [0.25, 0.3) is 0 Å². The lowest BCUT2D eigenvalue weighted by atomic mass is 9.91. The number of aliphatic hydroxyl groups excluding tert-OH is 1. The maximum atomic E-state index is 9.66. The molecule has 1 aliphatic rings. The van der Waals surface area contributed by atoms with Gasteiger partial charge in [-0.3, -0.25) is 0 Å². The predicted molar refractivity (Wildman–Crippen MR) is 82.5 cm³/mol. The molecule has 0 radical (unpaired) electrons. The average Bonchev–Trinajstić information content (AvgIpc) is 3.20. The van der Waals surface area contributed by atoms with Crippen LogP contribution in [-0.2, 0) is 0 Å². The third kappa shape index (κ3) is 5.80. The summed E-state index contributed by atoms with van der Waals surface area (Å²) in [6.45, 7) is 12.5. The Kier molecular flexibility index (Phi) is 7.33. The Morgan fingerprint density at radius 3 is 2.42 bits per heavy atom. The van der Waals surface area contributed by atoms with E-state index in [9.17, 15) is 5.11 Å². The van der Waals surface area contributed by atoms with Crippen molar-refractivity contribution in [2.75, 3.05) is 26.2 Å². The fraction of sp³-hybridized carbons (Fsp3) is 1.00. The SMILES string of the molecule is CCNC(CC)(CO)CCCN(CC1CC1)C(C)C. The lowest BCUT2D eigenvalue weighted by Crippen LogP contribution is -2.48. The molecule has 1 rings (SSSR count). The Bertz CT molecular complexity index is 235. The standard InChI is InChI=1S/C16H34N2O/c1-5-16(13-19,17-6-2)10-7-11-18(14(3)4)12-15-8-9-15/h14-15,17,19H,5-13H2,1-4H3. The fourth-order valence-corrected chi connectivity index (χ4v) is 2.82.